The van der Waals surface area contributed by atoms with Crippen molar-refractivity contribution in [2.24, 2.45) is 0 Å². The molecule has 6 heteroatoms. The van der Waals surface area contributed by atoms with Crippen LogP contribution in [0.25, 0.3) is 0 Å². The minimum Gasteiger partial charge on any atom is -0.367 e. The first-order chi connectivity index (χ1) is 6.24. The second kappa shape index (κ2) is 3.35. The fraction of sp³-hybridized carbons (Fsp3) is 0.143. The van der Waals surface area contributed by atoms with Crippen LogP contribution in [0.4, 0.5) is 5.95 Å². The summed E-state index contributed by atoms with van der Waals surface area (Å²) in [6.45, 7) is 0.660. The molecule has 0 amide bonds. The number of nitrogens with zero attached hydrogens (tertiary/aromatic N) is 3. The third kappa shape index (κ3) is 1.99. The number of anilines is 1. The zero-order valence-electron chi connectivity index (χ0n) is 6.64. The van der Waals surface area contributed by atoms with Crippen LogP contribution in [-0.4, -0.2) is 14.8 Å². The molecule has 0 aliphatic heterocycles. The molecule has 2 heterocycles. The van der Waals surface area contributed by atoms with E-state index in [-0.39, 0.29) is 0 Å². The van der Waals surface area contributed by atoms with Crippen molar-refractivity contribution in [2.75, 3.05) is 5.73 Å². The van der Waals surface area contributed by atoms with Crippen molar-refractivity contribution in [1.82, 2.24) is 14.8 Å². The van der Waals surface area contributed by atoms with Crippen LogP contribution in [0, 0.1) is 0 Å². The highest BCUT2D eigenvalue weighted by Gasteiger charge is 2.00. The summed E-state index contributed by atoms with van der Waals surface area (Å²) in [5.74, 6) is 0.293. The molecule has 0 spiro atoms. The molecule has 2 N–H and O–H groups in total. The Morgan fingerprint density at radius 2 is 2.46 bits per heavy atom. The normalized spacial score (nSPS) is 10.5. The highest BCUT2D eigenvalue weighted by molar-refractivity contribution is 7.14. The van der Waals surface area contributed by atoms with E-state index in [9.17, 15) is 0 Å². The molecule has 2 aromatic rings. The second-order valence-electron chi connectivity index (χ2n) is 2.56. The molecular weight excluding hydrogens is 208 g/mol. The van der Waals surface area contributed by atoms with E-state index in [1.165, 1.54) is 11.3 Å². The molecule has 13 heavy (non-hydrogen) atoms. The maximum absolute atomic E-state index is 5.78. The molecule has 0 unspecified atom stereocenters. The van der Waals surface area contributed by atoms with E-state index >= 15 is 0 Å². The standard InChI is InChI=1S/C7H7ClN4S/c8-6-1-5(3-13-6)2-12-4-10-7(9)11-12/h1,3-4H,2H2,(H2,9,11). The first-order valence-electron chi connectivity index (χ1n) is 3.62. The largest absolute Gasteiger partial charge is 0.367 e. The van der Waals surface area contributed by atoms with E-state index in [0.717, 1.165) is 9.90 Å². The molecular formula is C7H7ClN4S. The minimum absolute atomic E-state index is 0.293. The van der Waals surface area contributed by atoms with E-state index in [1.54, 1.807) is 11.0 Å². The number of nitrogens with two attached hydrogens (primary N) is 1. The van der Waals surface area contributed by atoms with Gasteiger partial charge in [-0.3, -0.25) is 0 Å². The summed E-state index contributed by atoms with van der Waals surface area (Å²) in [5, 5.41) is 5.95. The summed E-state index contributed by atoms with van der Waals surface area (Å²) in [5.41, 5.74) is 6.48. The van der Waals surface area contributed by atoms with Gasteiger partial charge >= 0.3 is 0 Å². The second-order valence-corrected chi connectivity index (χ2v) is 4.10. The van der Waals surface area contributed by atoms with Crippen LogP contribution in [0.3, 0.4) is 0 Å². The van der Waals surface area contributed by atoms with Crippen LogP contribution in [0.2, 0.25) is 4.34 Å². The monoisotopic (exact) mass is 214 g/mol. The summed E-state index contributed by atoms with van der Waals surface area (Å²) in [6, 6.07) is 1.91. The van der Waals surface area contributed by atoms with Crippen molar-refractivity contribution in [2.45, 2.75) is 6.54 Å². The lowest BCUT2D eigenvalue weighted by Gasteiger charge is -1.94. The highest BCUT2D eigenvalue weighted by atomic mass is 35.5. The van der Waals surface area contributed by atoms with Crippen LogP contribution >= 0.6 is 22.9 Å². The lowest BCUT2D eigenvalue weighted by atomic mass is 10.3. The number of hydrogen-bond acceptors (Lipinski definition) is 4. The Labute approximate surface area is 84.0 Å². The molecule has 0 fully saturated rings. The maximum atomic E-state index is 5.78. The van der Waals surface area contributed by atoms with Gasteiger partial charge in [-0.25, -0.2) is 9.67 Å². The summed E-state index contributed by atoms with van der Waals surface area (Å²) < 4.78 is 2.45. The fourth-order valence-electron chi connectivity index (χ4n) is 1.00. The van der Waals surface area contributed by atoms with E-state index in [4.69, 9.17) is 17.3 Å². The Bertz CT molecular complexity index is 370. The van der Waals surface area contributed by atoms with Crippen LogP contribution in [0.5, 0.6) is 0 Å². The van der Waals surface area contributed by atoms with Gasteiger partial charge in [0.25, 0.3) is 0 Å². The van der Waals surface area contributed by atoms with Gasteiger partial charge in [0, 0.05) is 0 Å². The molecule has 0 aliphatic carbocycles. The van der Waals surface area contributed by atoms with Crippen LogP contribution in [-0.2, 0) is 6.54 Å². The third-order valence-corrected chi connectivity index (χ3v) is 2.66. The summed E-state index contributed by atoms with van der Waals surface area (Å²) in [6.07, 6.45) is 1.60. The van der Waals surface area contributed by atoms with E-state index in [1.807, 2.05) is 11.4 Å². The molecule has 0 aliphatic rings. The zero-order valence-corrected chi connectivity index (χ0v) is 8.22. The average molecular weight is 215 g/mol. The molecule has 0 bridgehead atoms. The molecule has 0 atom stereocenters. The molecule has 0 saturated carbocycles. The molecule has 2 aromatic heterocycles. The number of hydrogen-bond donors (Lipinski definition) is 1. The van der Waals surface area contributed by atoms with Gasteiger partial charge in [-0.2, -0.15) is 0 Å². The van der Waals surface area contributed by atoms with E-state index in [2.05, 4.69) is 10.1 Å². The fourth-order valence-corrected chi connectivity index (χ4v) is 1.90. The summed E-state index contributed by atoms with van der Waals surface area (Å²) >= 11 is 7.28. The average Bonchev–Trinajstić information content (AvgIpc) is 2.62. The van der Waals surface area contributed by atoms with Crippen molar-refractivity contribution in [3.63, 3.8) is 0 Å². The van der Waals surface area contributed by atoms with Gasteiger partial charge in [0.1, 0.15) is 6.33 Å². The highest BCUT2D eigenvalue weighted by Crippen LogP contribution is 2.20. The SMILES string of the molecule is Nc1ncn(Cc2csc(Cl)c2)n1. The minimum atomic E-state index is 0.293. The lowest BCUT2D eigenvalue weighted by molar-refractivity contribution is 0.689. The van der Waals surface area contributed by atoms with Gasteiger partial charge < -0.3 is 5.73 Å². The molecule has 0 saturated heterocycles. The number of aromatic nitrogens is 3. The van der Waals surface area contributed by atoms with Gasteiger partial charge in [-0.1, -0.05) is 11.6 Å². The first kappa shape index (κ1) is 8.52. The van der Waals surface area contributed by atoms with Crippen molar-refractivity contribution >= 4 is 28.9 Å². The quantitative estimate of drug-likeness (QED) is 0.827. The van der Waals surface area contributed by atoms with Crippen molar-refractivity contribution < 1.29 is 0 Å². The molecule has 2 rings (SSSR count). The van der Waals surface area contributed by atoms with Crippen LogP contribution in [0.15, 0.2) is 17.8 Å². The van der Waals surface area contributed by atoms with E-state index in [0.29, 0.717) is 12.5 Å². The number of thiophene rings is 1. The van der Waals surface area contributed by atoms with Crippen LogP contribution < -0.4 is 5.73 Å². The first-order valence-corrected chi connectivity index (χ1v) is 4.87. The Hall–Kier alpha value is -1.07. The van der Waals surface area contributed by atoms with Crippen molar-refractivity contribution in [3.8, 4) is 0 Å². The molecule has 68 valence electrons. The Balaban J connectivity index is 2.14. The topological polar surface area (TPSA) is 56.7 Å². The number of rotatable bonds is 2. The zero-order chi connectivity index (χ0) is 9.26. The Morgan fingerprint density at radius 3 is 3.00 bits per heavy atom. The van der Waals surface area contributed by atoms with Crippen molar-refractivity contribution in [3.05, 3.63) is 27.7 Å². The maximum Gasteiger partial charge on any atom is 0.239 e. The van der Waals surface area contributed by atoms with Gasteiger partial charge in [0.05, 0.1) is 10.9 Å². The predicted octanol–water partition coefficient (Wildman–Crippen LogP) is 1.62. The predicted molar refractivity (Wildman–Crippen MR) is 52.9 cm³/mol. The number of halogens is 1. The third-order valence-electron chi connectivity index (χ3n) is 1.52. The number of nitrogen functional groups attached to an aromatic ring is 1. The summed E-state index contributed by atoms with van der Waals surface area (Å²) in [4.78, 5) is 3.82. The Kier molecular flexibility index (Phi) is 2.20. The molecule has 4 nitrogen and oxygen atoms in total. The van der Waals surface area contributed by atoms with Crippen LogP contribution in [0.1, 0.15) is 5.56 Å². The van der Waals surface area contributed by atoms with Gasteiger partial charge in [0.2, 0.25) is 5.95 Å². The molecule has 0 radical (unpaired) electrons. The summed E-state index contributed by atoms with van der Waals surface area (Å²) in [7, 11) is 0. The molecule has 0 aromatic carbocycles. The smallest absolute Gasteiger partial charge is 0.239 e. The van der Waals surface area contributed by atoms with Gasteiger partial charge in [-0.05, 0) is 17.0 Å². The Morgan fingerprint density at radius 1 is 1.62 bits per heavy atom. The van der Waals surface area contributed by atoms with Gasteiger partial charge in [0.15, 0.2) is 0 Å². The van der Waals surface area contributed by atoms with Gasteiger partial charge in [-0.15, -0.1) is 16.4 Å². The van der Waals surface area contributed by atoms with Crippen molar-refractivity contribution in [1.29, 1.82) is 0 Å². The lowest BCUT2D eigenvalue weighted by Crippen LogP contribution is -1.99. The van der Waals surface area contributed by atoms with E-state index < -0.39 is 0 Å².